The molecule has 1 amide bonds. The fraction of sp³-hybridized carbons (Fsp3) is 0.375. The van der Waals surface area contributed by atoms with Crippen LogP contribution >= 0.6 is 11.8 Å². The smallest absolute Gasteiger partial charge is 0.385 e. The molecule has 1 atom stereocenters. The van der Waals surface area contributed by atoms with Crippen molar-refractivity contribution in [1.82, 2.24) is 0 Å². The lowest BCUT2D eigenvalue weighted by atomic mass is 9.90. The highest BCUT2D eigenvalue weighted by molar-refractivity contribution is 7.99. The molecule has 7 nitrogen and oxygen atoms in total. The van der Waals surface area contributed by atoms with Crippen LogP contribution in [0.4, 0.5) is 18.9 Å². The number of nitrogens with two attached hydrogens (primary N) is 1. The molecule has 2 rings (SSSR count). The maximum atomic E-state index is 12.6. The summed E-state index contributed by atoms with van der Waals surface area (Å²) >= 11 is 1.33. The Hall–Kier alpha value is -2.40. The number of hydrogen-bond acceptors (Lipinski definition) is 7. The molecular weight excluding hydrogens is 389 g/mol. The number of carbonyl (C=O) groups is 4. The van der Waals surface area contributed by atoms with E-state index in [4.69, 9.17) is 5.73 Å². The fourth-order valence-electron chi connectivity index (χ4n) is 2.50. The second kappa shape index (κ2) is 8.09. The van der Waals surface area contributed by atoms with Gasteiger partial charge in [0.25, 0.3) is 0 Å². The summed E-state index contributed by atoms with van der Waals surface area (Å²) in [5.74, 6) is -8.31. The minimum absolute atomic E-state index is 0.0140. The first-order valence-corrected chi connectivity index (χ1v) is 8.75. The van der Waals surface area contributed by atoms with Crippen molar-refractivity contribution in [2.75, 3.05) is 23.7 Å². The van der Waals surface area contributed by atoms with Crippen molar-refractivity contribution < 1.29 is 37.1 Å². The minimum atomic E-state index is -5.43. The topological polar surface area (TPSA) is 107 Å². The summed E-state index contributed by atoms with van der Waals surface area (Å²) in [5.41, 5.74) is 5.64. The zero-order chi connectivity index (χ0) is 20.4. The number of benzene rings is 1. The van der Waals surface area contributed by atoms with Gasteiger partial charge >= 0.3 is 18.1 Å². The third-order valence-corrected chi connectivity index (χ3v) is 4.69. The summed E-state index contributed by atoms with van der Waals surface area (Å²) in [6.45, 7) is 2.01. The molecule has 1 aromatic carbocycles. The standard InChI is InChI=1S/C16H15F3N2O5S/c1-2-21-10-4-3-8(27-6-5-20)7-9(10)12(22)11(13(21)23)14(24)26-15(25)16(17,18)19/h3-4,7,11H,2,5-6,20H2,1H3. The molecule has 1 unspecified atom stereocenters. The molecule has 0 fully saturated rings. The first kappa shape index (κ1) is 20.9. The van der Waals surface area contributed by atoms with E-state index in [0.29, 0.717) is 17.2 Å². The lowest BCUT2D eigenvalue weighted by Crippen LogP contribution is -2.49. The molecule has 11 heteroatoms. The van der Waals surface area contributed by atoms with Crippen molar-refractivity contribution in [1.29, 1.82) is 0 Å². The largest absolute Gasteiger partial charge is 0.491 e. The van der Waals surface area contributed by atoms with Gasteiger partial charge in [0.15, 0.2) is 11.7 Å². The van der Waals surface area contributed by atoms with E-state index in [1.54, 1.807) is 13.0 Å². The quantitative estimate of drug-likeness (QED) is 0.451. The molecule has 2 N–H and O–H groups in total. The van der Waals surface area contributed by atoms with Crippen LogP contribution in [0.15, 0.2) is 23.1 Å². The number of alkyl halides is 3. The van der Waals surface area contributed by atoms with Crippen LogP contribution in [0, 0.1) is 5.92 Å². The Morgan fingerprint density at radius 3 is 2.52 bits per heavy atom. The highest BCUT2D eigenvalue weighted by Gasteiger charge is 2.49. The predicted molar refractivity (Wildman–Crippen MR) is 89.2 cm³/mol. The number of Topliss-reactive ketones (excluding diaryl/α,β-unsaturated/α-hetero) is 1. The Morgan fingerprint density at radius 2 is 1.96 bits per heavy atom. The third kappa shape index (κ3) is 4.30. The van der Waals surface area contributed by atoms with Gasteiger partial charge in [-0.3, -0.25) is 14.4 Å². The number of hydrogen-bond donors (Lipinski definition) is 1. The normalized spacial score (nSPS) is 16.9. The number of thioether (sulfide) groups is 1. The predicted octanol–water partition coefficient (Wildman–Crippen LogP) is 1.53. The molecule has 1 aliphatic heterocycles. The Kier molecular flexibility index (Phi) is 6.26. The van der Waals surface area contributed by atoms with E-state index in [-0.39, 0.29) is 17.8 Å². The van der Waals surface area contributed by atoms with Crippen molar-refractivity contribution in [2.24, 2.45) is 11.7 Å². The number of rotatable bonds is 5. The number of anilines is 1. The van der Waals surface area contributed by atoms with E-state index in [9.17, 15) is 32.3 Å². The van der Waals surface area contributed by atoms with Crippen LogP contribution in [0.2, 0.25) is 0 Å². The number of carbonyl (C=O) groups excluding carboxylic acids is 4. The van der Waals surface area contributed by atoms with E-state index in [1.807, 2.05) is 0 Å². The number of nitrogens with zero attached hydrogens (tertiary/aromatic N) is 1. The van der Waals surface area contributed by atoms with E-state index in [2.05, 4.69) is 4.74 Å². The Balaban J connectivity index is 2.39. The molecule has 27 heavy (non-hydrogen) atoms. The monoisotopic (exact) mass is 404 g/mol. The van der Waals surface area contributed by atoms with Crippen LogP contribution < -0.4 is 10.6 Å². The van der Waals surface area contributed by atoms with Crippen molar-refractivity contribution in [2.45, 2.75) is 18.0 Å². The summed E-state index contributed by atoms with van der Waals surface area (Å²) in [6.07, 6.45) is -5.43. The molecule has 0 saturated heterocycles. The third-order valence-electron chi connectivity index (χ3n) is 3.66. The Morgan fingerprint density at radius 1 is 1.30 bits per heavy atom. The first-order chi connectivity index (χ1) is 12.6. The van der Waals surface area contributed by atoms with Crippen molar-refractivity contribution in [3.63, 3.8) is 0 Å². The fourth-order valence-corrected chi connectivity index (χ4v) is 3.22. The number of halogens is 3. The summed E-state index contributed by atoms with van der Waals surface area (Å²) < 4.78 is 40.6. The van der Waals surface area contributed by atoms with Crippen LogP contribution in [0.1, 0.15) is 17.3 Å². The molecule has 0 spiro atoms. The molecule has 1 aliphatic rings. The molecule has 0 radical (unpaired) electrons. The zero-order valence-electron chi connectivity index (χ0n) is 14.0. The van der Waals surface area contributed by atoms with Crippen molar-refractivity contribution in [3.8, 4) is 0 Å². The SMILES string of the molecule is CCN1C(=O)C(C(=O)OC(=O)C(F)(F)F)C(=O)c2cc(SCCN)ccc21. The molecule has 1 aromatic rings. The molecule has 146 valence electrons. The maximum absolute atomic E-state index is 12.6. The van der Waals surface area contributed by atoms with E-state index in [0.717, 1.165) is 4.90 Å². The highest BCUT2D eigenvalue weighted by Crippen LogP contribution is 2.34. The average molecular weight is 404 g/mol. The number of ether oxygens (including phenoxy) is 1. The maximum Gasteiger partial charge on any atom is 0.491 e. The molecular formula is C16H15F3N2O5S. The van der Waals surface area contributed by atoms with Gasteiger partial charge in [-0.15, -0.1) is 11.8 Å². The van der Waals surface area contributed by atoms with Gasteiger partial charge < -0.3 is 15.4 Å². The Labute approximate surface area is 156 Å². The first-order valence-electron chi connectivity index (χ1n) is 7.77. The van der Waals surface area contributed by atoms with Crippen LogP contribution in [-0.2, 0) is 19.1 Å². The van der Waals surface area contributed by atoms with Gasteiger partial charge in [0.2, 0.25) is 5.91 Å². The van der Waals surface area contributed by atoms with Crippen molar-refractivity contribution in [3.05, 3.63) is 23.8 Å². The second-order valence-electron chi connectivity index (χ2n) is 5.40. The molecule has 0 aromatic heterocycles. The van der Waals surface area contributed by atoms with Gasteiger partial charge in [-0.1, -0.05) is 0 Å². The van der Waals surface area contributed by atoms with Gasteiger partial charge in [0, 0.05) is 29.3 Å². The summed E-state index contributed by atoms with van der Waals surface area (Å²) in [5, 5.41) is 0. The number of amides is 1. The Bertz CT molecular complexity index is 797. The van der Waals surface area contributed by atoms with Gasteiger partial charge in [-0.25, -0.2) is 4.79 Å². The van der Waals surface area contributed by atoms with Gasteiger partial charge in [0.1, 0.15) is 0 Å². The van der Waals surface area contributed by atoms with E-state index < -0.39 is 35.7 Å². The van der Waals surface area contributed by atoms with Gasteiger partial charge in [0.05, 0.1) is 5.69 Å². The highest BCUT2D eigenvalue weighted by atomic mass is 32.2. The lowest BCUT2D eigenvalue weighted by molar-refractivity contribution is -0.202. The average Bonchev–Trinajstić information content (AvgIpc) is 2.59. The lowest BCUT2D eigenvalue weighted by Gasteiger charge is -2.31. The van der Waals surface area contributed by atoms with Gasteiger partial charge in [-0.2, -0.15) is 13.2 Å². The van der Waals surface area contributed by atoms with Crippen molar-refractivity contribution >= 4 is 41.1 Å². The van der Waals surface area contributed by atoms with Crippen LogP contribution in [-0.4, -0.2) is 48.6 Å². The summed E-state index contributed by atoms with van der Waals surface area (Å²) in [7, 11) is 0. The van der Waals surface area contributed by atoms with Gasteiger partial charge in [-0.05, 0) is 25.1 Å². The zero-order valence-corrected chi connectivity index (χ0v) is 14.9. The number of ketones is 1. The number of fused-ring (bicyclic) bond motifs is 1. The molecule has 0 bridgehead atoms. The number of esters is 2. The second-order valence-corrected chi connectivity index (χ2v) is 6.57. The van der Waals surface area contributed by atoms with E-state index in [1.165, 1.54) is 23.9 Å². The van der Waals surface area contributed by atoms with Crippen LogP contribution in [0.25, 0.3) is 0 Å². The van der Waals surface area contributed by atoms with Crippen LogP contribution in [0.3, 0.4) is 0 Å². The molecule has 1 heterocycles. The molecule has 0 aliphatic carbocycles. The molecule has 0 saturated carbocycles. The summed E-state index contributed by atoms with van der Waals surface area (Å²) in [4.78, 5) is 49.6. The minimum Gasteiger partial charge on any atom is -0.385 e. The van der Waals surface area contributed by atoms with E-state index >= 15 is 0 Å². The van der Waals surface area contributed by atoms with Crippen LogP contribution in [0.5, 0.6) is 0 Å². The summed E-state index contributed by atoms with van der Waals surface area (Å²) in [6, 6.07) is 4.60.